The maximum absolute atomic E-state index is 4.36. The lowest BCUT2D eigenvalue weighted by Crippen LogP contribution is -2.59. The first-order valence-corrected chi connectivity index (χ1v) is 9.73. The number of thioether (sulfide) groups is 1. The molecule has 2 aliphatic rings. The molecular formula is C16H33IN4S. The Morgan fingerprint density at radius 3 is 2.41 bits per heavy atom. The van der Waals surface area contributed by atoms with E-state index in [1.165, 1.54) is 56.7 Å². The first-order chi connectivity index (χ1) is 10.3. The number of nitrogens with one attached hydrogen (secondary N) is 2. The van der Waals surface area contributed by atoms with Crippen LogP contribution in [0.4, 0.5) is 0 Å². The molecule has 0 amide bonds. The smallest absolute Gasteiger partial charge is 0.191 e. The van der Waals surface area contributed by atoms with Crippen molar-refractivity contribution in [2.45, 2.75) is 51.0 Å². The molecule has 4 nitrogen and oxygen atoms in total. The molecule has 0 aromatic rings. The summed E-state index contributed by atoms with van der Waals surface area (Å²) in [4.78, 5) is 7.12. The van der Waals surface area contributed by atoms with Crippen molar-refractivity contribution in [2.24, 2.45) is 4.99 Å². The van der Waals surface area contributed by atoms with E-state index in [4.69, 9.17) is 0 Å². The summed E-state index contributed by atoms with van der Waals surface area (Å²) in [5.41, 5.74) is 0.364. The highest BCUT2D eigenvalue weighted by molar-refractivity contribution is 14.0. The van der Waals surface area contributed by atoms with Crippen LogP contribution in [0.15, 0.2) is 4.99 Å². The number of hydrogen-bond donors (Lipinski definition) is 2. The molecule has 1 heterocycles. The predicted octanol–water partition coefficient (Wildman–Crippen LogP) is 2.93. The van der Waals surface area contributed by atoms with E-state index in [2.05, 4.69) is 39.2 Å². The summed E-state index contributed by atoms with van der Waals surface area (Å²) in [5, 5.41) is 7.00. The Labute approximate surface area is 157 Å². The van der Waals surface area contributed by atoms with Crippen LogP contribution in [0.1, 0.15) is 45.4 Å². The monoisotopic (exact) mass is 440 g/mol. The second-order valence-electron chi connectivity index (χ2n) is 6.24. The lowest BCUT2D eigenvalue weighted by atomic mass is 9.80. The van der Waals surface area contributed by atoms with E-state index in [0.717, 1.165) is 25.5 Å². The molecule has 2 N–H and O–H groups in total. The van der Waals surface area contributed by atoms with Gasteiger partial charge in [-0.15, -0.1) is 24.0 Å². The molecule has 6 heteroatoms. The molecular weight excluding hydrogens is 407 g/mol. The summed E-state index contributed by atoms with van der Waals surface area (Å²) < 4.78 is 0. The summed E-state index contributed by atoms with van der Waals surface area (Å²) in [6.45, 7) is 6.74. The molecule has 0 radical (unpaired) electrons. The van der Waals surface area contributed by atoms with Crippen molar-refractivity contribution in [3.8, 4) is 0 Å². The van der Waals surface area contributed by atoms with Gasteiger partial charge in [0.1, 0.15) is 0 Å². The van der Waals surface area contributed by atoms with Crippen LogP contribution >= 0.6 is 35.7 Å². The molecule has 2 fully saturated rings. The lowest BCUT2D eigenvalue weighted by molar-refractivity contribution is 0.0626. The van der Waals surface area contributed by atoms with Crippen molar-refractivity contribution in [1.29, 1.82) is 0 Å². The summed E-state index contributed by atoms with van der Waals surface area (Å²) in [7, 11) is 1.87. The van der Waals surface area contributed by atoms with Gasteiger partial charge < -0.3 is 10.6 Å². The van der Waals surface area contributed by atoms with Crippen LogP contribution in [0.5, 0.6) is 0 Å². The Balaban J connectivity index is 0.00000242. The van der Waals surface area contributed by atoms with Gasteiger partial charge in [-0.1, -0.05) is 26.2 Å². The third kappa shape index (κ3) is 5.74. The standard InChI is InChI=1S/C16H32N4S.HI/c1-3-9-18-15(17-2)19-14-16(7-5-4-6-8-16)20-10-12-21-13-11-20;/h3-14H2,1-2H3,(H2,17,18,19);1H. The van der Waals surface area contributed by atoms with Crippen LogP contribution in [-0.4, -0.2) is 61.1 Å². The fraction of sp³-hybridized carbons (Fsp3) is 0.938. The molecule has 0 spiro atoms. The van der Waals surface area contributed by atoms with E-state index in [1.807, 2.05) is 7.05 Å². The average Bonchev–Trinajstić information content (AvgIpc) is 2.57. The van der Waals surface area contributed by atoms with Gasteiger partial charge in [0.05, 0.1) is 0 Å². The van der Waals surface area contributed by atoms with E-state index in [1.54, 1.807) is 0 Å². The van der Waals surface area contributed by atoms with Crippen LogP contribution in [0.3, 0.4) is 0 Å². The zero-order valence-corrected chi connectivity index (χ0v) is 17.3. The van der Waals surface area contributed by atoms with Gasteiger partial charge in [-0.2, -0.15) is 11.8 Å². The minimum Gasteiger partial charge on any atom is -0.356 e. The summed E-state index contributed by atoms with van der Waals surface area (Å²) in [6, 6.07) is 0. The van der Waals surface area contributed by atoms with Crippen molar-refractivity contribution in [3.63, 3.8) is 0 Å². The van der Waals surface area contributed by atoms with Crippen molar-refractivity contribution in [1.82, 2.24) is 15.5 Å². The largest absolute Gasteiger partial charge is 0.356 e. The molecule has 22 heavy (non-hydrogen) atoms. The van der Waals surface area contributed by atoms with E-state index in [-0.39, 0.29) is 24.0 Å². The van der Waals surface area contributed by atoms with Crippen LogP contribution in [-0.2, 0) is 0 Å². The Bertz CT molecular complexity index is 326. The maximum atomic E-state index is 4.36. The van der Waals surface area contributed by atoms with Gasteiger partial charge in [0, 0.05) is 50.3 Å². The average molecular weight is 440 g/mol. The van der Waals surface area contributed by atoms with E-state index < -0.39 is 0 Å². The quantitative estimate of drug-likeness (QED) is 0.392. The number of nitrogens with zero attached hydrogens (tertiary/aromatic N) is 2. The fourth-order valence-electron chi connectivity index (χ4n) is 3.56. The van der Waals surface area contributed by atoms with Crippen molar-refractivity contribution in [3.05, 3.63) is 0 Å². The molecule has 1 saturated carbocycles. The summed E-state index contributed by atoms with van der Waals surface area (Å²) in [6.07, 6.45) is 7.99. The van der Waals surface area contributed by atoms with Gasteiger partial charge in [-0.3, -0.25) is 9.89 Å². The Hall–Kier alpha value is 0.310. The number of hydrogen-bond acceptors (Lipinski definition) is 3. The molecule has 0 atom stereocenters. The molecule has 0 unspecified atom stereocenters. The molecule has 2 rings (SSSR count). The normalized spacial score (nSPS) is 22.7. The summed E-state index contributed by atoms with van der Waals surface area (Å²) in [5.74, 6) is 3.56. The van der Waals surface area contributed by atoms with Crippen LogP contribution in [0.25, 0.3) is 0 Å². The molecule has 1 aliphatic carbocycles. The first kappa shape index (κ1) is 20.4. The van der Waals surface area contributed by atoms with Gasteiger partial charge >= 0.3 is 0 Å². The molecule has 130 valence electrons. The minimum absolute atomic E-state index is 0. The zero-order valence-electron chi connectivity index (χ0n) is 14.2. The second-order valence-corrected chi connectivity index (χ2v) is 7.46. The molecule has 1 aliphatic heterocycles. The van der Waals surface area contributed by atoms with Gasteiger partial charge in [0.2, 0.25) is 0 Å². The number of aliphatic imine (C=N–C) groups is 1. The van der Waals surface area contributed by atoms with Gasteiger partial charge in [-0.05, 0) is 19.3 Å². The zero-order chi connectivity index (χ0) is 15.0. The van der Waals surface area contributed by atoms with E-state index >= 15 is 0 Å². The van der Waals surface area contributed by atoms with Crippen molar-refractivity contribution < 1.29 is 0 Å². The first-order valence-electron chi connectivity index (χ1n) is 8.58. The molecule has 1 saturated heterocycles. The van der Waals surface area contributed by atoms with Crippen LogP contribution in [0.2, 0.25) is 0 Å². The molecule has 0 aromatic heterocycles. The number of rotatable bonds is 5. The number of halogens is 1. The van der Waals surface area contributed by atoms with Crippen LogP contribution in [0, 0.1) is 0 Å². The van der Waals surface area contributed by atoms with E-state index in [0.29, 0.717) is 5.54 Å². The van der Waals surface area contributed by atoms with Crippen LogP contribution < -0.4 is 10.6 Å². The predicted molar refractivity (Wildman–Crippen MR) is 110 cm³/mol. The SMILES string of the molecule is CCCNC(=NC)NCC1(N2CCSCC2)CCCCC1.I. The fourth-order valence-corrected chi connectivity index (χ4v) is 4.47. The van der Waals surface area contributed by atoms with Crippen molar-refractivity contribution >= 4 is 41.7 Å². The van der Waals surface area contributed by atoms with Gasteiger partial charge in [0.25, 0.3) is 0 Å². The van der Waals surface area contributed by atoms with Gasteiger partial charge in [-0.25, -0.2) is 0 Å². The number of guanidine groups is 1. The maximum Gasteiger partial charge on any atom is 0.191 e. The summed E-state index contributed by atoms with van der Waals surface area (Å²) >= 11 is 2.10. The third-order valence-electron chi connectivity index (χ3n) is 4.82. The molecule has 0 bridgehead atoms. The highest BCUT2D eigenvalue weighted by Crippen LogP contribution is 2.34. The van der Waals surface area contributed by atoms with Crippen molar-refractivity contribution in [2.75, 3.05) is 44.7 Å². The van der Waals surface area contributed by atoms with E-state index in [9.17, 15) is 0 Å². The highest BCUT2D eigenvalue weighted by atomic mass is 127. The molecule has 0 aromatic carbocycles. The Kier molecular flexibility index (Phi) is 10.1. The topological polar surface area (TPSA) is 39.7 Å². The second kappa shape index (κ2) is 11.0. The lowest BCUT2D eigenvalue weighted by Gasteiger charge is -2.48. The third-order valence-corrected chi connectivity index (χ3v) is 5.76. The Morgan fingerprint density at radius 1 is 1.14 bits per heavy atom. The highest BCUT2D eigenvalue weighted by Gasteiger charge is 2.38. The minimum atomic E-state index is 0. The Morgan fingerprint density at radius 2 is 1.82 bits per heavy atom. The van der Waals surface area contributed by atoms with Gasteiger partial charge in [0.15, 0.2) is 5.96 Å².